The Morgan fingerprint density at radius 1 is 1.12 bits per heavy atom. The molecule has 24 heavy (non-hydrogen) atoms. The Morgan fingerprint density at radius 3 is 2.54 bits per heavy atom. The summed E-state index contributed by atoms with van der Waals surface area (Å²) in [6, 6.07) is 12.7. The number of halogens is 1. The van der Waals surface area contributed by atoms with Crippen LogP contribution in [0.2, 0.25) is 5.02 Å². The maximum absolute atomic E-state index is 12.2. The van der Waals surface area contributed by atoms with Gasteiger partial charge < -0.3 is 20.2 Å². The van der Waals surface area contributed by atoms with Crippen molar-refractivity contribution in [1.29, 1.82) is 0 Å². The summed E-state index contributed by atoms with van der Waals surface area (Å²) in [6.07, 6.45) is 1.88. The molecule has 2 aromatic carbocycles. The lowest BCUT2D eigenvalue weighted by molar-refractivity contribution is -0.308. The van der Waals surface area contributed by atoms with Gasteiger partial charge in [-0.25, -0.2) is 0 Å². The van der Waals surface area contributed by atoms with Crippen LogP contribution < -0.4 is 10.4 Å². The van der Waals surface area contributed by atoms with E-state index in [4.69, 9.17) is 11.6 Å². The zero-order valence-electron chi connectivity index (χ0n) is 12.6. The highest BCUT2D eigenvalue weighted by Gasteiger charge is 2.17. The second-order valence-electron chi connectivity index (χ2n) is 5.42. The van der Waals surface area contributed by atoms with E-state index in [-0.39, 0.29) is 6.42 Å². The van der Waals surface area contributed by atoms with Crippen LogP contribution in [0.4, 0.5) is 0 Å². The van der Waals surface area contributed by atoms with Crippen molar-refractivity contribution in [3.8, 4) is 0 Å². The lowest BCUT2D eigenvalue weighted by Gasteiger charge is -2.19. The number of hydrogen-bond donors (Lipinski definition) is 2. The summed E-state index contributed by atoms with van der Waals surface area (Å²) in [5.74, 6) is -1.82. The molecule has 1 atom stereocenters. The van der Waals surface area contributed by atoms with Crippen molar-refractivity contribution in [2.45, 2.75) is 12.5 Å². The van der Waals surface area contributed by atoms with E-state index in [2.05, 4.69) is 10.3 Å². The molecule has 6 heteroatoms. The van der Waals surface area contributed by atoms with E-state index in [1.54, 1.807) is 18.3 Å². The number of rotatable bonds is 5. The van der Waals surface area contributed by atoms with Gasteiger partial charge in [0.2, 0.25) is 0 Å². The van der Waals surface area contributed by atoms with E-state index in [1.165, 1.54) is 12.1 Å². The van der Waals surface area contributed by atoms with Gasteiger partial charge in [-0.15, -0.1) is 0 Å². The second-order valence-corrected chi connectivity index (χ2v) is 5.85. The summed E-state index contributed by atoms with van der Waals surface area (Å²) in [5, 5.41) is 15.3. The lowest BCUT2D eigenvalue weighted by atomic mass is 10.0. The van der Waals surface area contributed by atoms with Crippen molar-refractivity contribution in [2.75, 3.05) is 0 Å². The van der Waals surface area contributed by atoms with Crippen LogP contribution in [0.3, 0.4) is 0 Å². The van der Waals surface area contributed by atoms with Gasteiger partial charge in [0.1, 0.15) is 0 Å². The predicted octanol–water partition coefficient (Wildman–Crippen LogP) is 1.91. The fourth-order valence-corrected chi connectivity index (χ4v) is 2.68. The molecular formula is C18H14ClN2O3-. The molecule has 0 bridgehead atoms. The van der Waals surface area contributed by atoms with Crippen LogP contribution in [0, 0.1) is 0 Å². The smallest absolute Gasteiger partial charge is 0.251 e. The highest BCUT2D eigenvalue weighted by atomic mass is 35.5. The topological polar surface area (TPSA) is 85.0 Å². The molecule has 0 spiro atoms. The Morgan fingerprint density at radius 2 is 1.83 bits per heavy atom. The van der Waals surface area contributed by atoms with E-state index in [0.29, 0.717) is 10.6 Å². The third-order valence-corrected chi connectivity index (χ3v) is 4.05. The first-order valence-corrected chi connectivity index (χ1v) is 7.74. The Bertz CT molecular complexity index is 887. The Hall–Kier alpha value is -2.79. The molecule has 5 nitrogen and oxygen atoms in total. The average Bonchev–Trinajstić information content (AvgIpc) is 2.98. The summed E-state index contributed by atoms with van der Waals surface area (Å²) in [4.78, 5) is 26.7. The molecule has 0 aliphatic rings. The molecule has 0 aliphatic heterocycles. The number of hydrogen-bond acceptors (Lipinski definition) is 3. The normalized spacial score (nSPS) is 12.0. The average molecular weight is 342 g/mol. The van der Waals surface area contributed by atoms with Gasteiger partial charge in [-0.3, -0.25) is 4.79 Å². The van der Waals surface area contributed by atoms with Crippen LogP contribution in [0.15, 0.2) is 54.7 Å². The third-order valence-electron chi connectivity index (χ3n) is 3.80. The second kappa shape index (κ2) is 6.76. The molecule has 0 unspecified atom stereocenters. The summed E-state index contributed by atoms with van der Waals surface area (Å²) in [5.41, 5.74) is 2.05. The minimum absolute atomic E-state index is 0.131. The number of aromatic amines is 1. The van der Waals surface area contributed by atoms with Gasteiger partial charge in [0.05, 0.1) is 12.0 Å². The monoisotopic (exact) mass is 341 g/mol. The molecule has 3 rings (SSSR count). The Labute approximate surface area is 143 Å². The van der Waals surface area contributed by atoms with Gasteiger partial charge in [-0.1, -0.05) is 29.8 Å². The first-order chi connectivity index (χ1) is 11.5. The molecule has 122 valence electrons. The fourth-order valence-electron chi connectivity index (χ4n) is 2.56. The van der Waals surface area contributed by atoms with Crippen LogP contribution in [0.25, 0.3) is 10.9 Å². The van der Waals surface area contributed by atoms with E-state index < -0.39 is 17.9 Å². The number of aromatic nitrogens is 1. The maximum Gasteiger partial charge on any atom is 0.251 e. The number of H-pyrrole nitrogens is 1. The highest BCUT2D eigenvalue weighted by Crippen LogP contribution is 2.19. The Kier molecular flexibility index (Phi) is 4.53. The minimum Gasteiger partial charge on any atom is -0.548 e. The number of benzene rings is 2. The van der Waals surface area contributed by atoms with E-state index in [9.17, 15) is 14.7 Å². The van der Waals surface area contributed by atoms with Crippen LogP contribution in [0.1, 0.15) is 15.9 Å². The van der Waals surface area contributed by atoms with Crippen molar-refractivity contribution in [1.82, 2.24) is 10.3 Å². The molecule has 1 amide bonds. The largest absolute Gasteiger partial charge is 0.548 e. The zero-order valence-corrected chi connectivity index (χ0v) is 13.3. The summed E-state index contributed by atoms with van der Waals surface area (Å²) >= 11 is 5.78. The first-order valence-electron chi connectivity index (χ1n) is 7.37. The molecular weight excluding hydrogens is 328 g/mol. The molecule has 0 fully saturated rings. The number of carboxylic acids is 1. The van der Waals surface area contributed by atoms with Gasteiger partial charge >= 0.3 is 0 Å². The van der Waals surface area contributed by atoms with Crippen LogP contribution in [-0.4, -0.2) is 22.9 Å². The van der Waals surface area contributed by atoms with Crippen molar-refractivity contribution in [3.05, 3.63) is 70.9 Å². The number of nitrogens with one attached hydrogen (secondary N) is 2. The number of para-hydroxylation sites is 1. The number of carbonyl (C=O) groups excluding carboxylic acids is 2. The van der Waals surface area contributed by atoms with E-state index >= 15 is 0 Å². The standard InChI is InChI=1S/C18H15ClN2O3/c19-13-7-5-11(6-8-13)17(22)21-16(18(23)24)9-12-10-20-15-4-2-1-3-14(12)15/h1-8,10,16,20H,9H2,(H,21,22)(H,23,24)/p-1/t16-/m1/s1. The molecule has 2 N–H and O–H groups in total. The van der Waals surface area contributed by atoms with Crippen LogP contribution >= 0.6 is 11.6 Å². The summed E-state index contributed by atoms with van der Waals surface area (Å²) in [7, 11) is 0. The SMILES string of the molecule is O=C(N[C@H](Cc1c[nH]c2ccccc12)C(=O)[O-])c1ccc(Cl)cc1. The maximum atomic E-state index is 12.2. The number of carboxylic acid groups (broad SMARTS) is 1. The van der Waals surface area contributed by atoms with Crippen LogP contribution in [0.5, 0.6) is 0 Å². The van der Waals surface area contributed by atoms with Gasteiger partial charge in [-0.05, 0) is 35.9 Å². The van der Waals surface area contributed by atoms with E-state index in [0.717, 1.165) is 16.5 Å². The quantitative estimate of drug-likeness (QED) is 0.743. The molecule has 0 saturated heterocycles. The summed E-state index contributed by atoms with van der Waals surface area (Å²) < 4.78 is 0. The van der Waals surface area contributed by atoms with Crippen molar-refractivity contribution in [2.24, 2.45) is 0 Å². The Balaban J connectivity index is 1.79. The number of amides is 1. The lowest BCUT2D eigenvalue weighted by Crippen LogP contribution is -2.49. The third kappa shape index (κ3) is 3.41. The molecule has 0 aliphatic carbocycles. The van der Waals surface area contributed by atoms with Gasteiger partial charge in [0.25, 0.3) is 5.91 Å². The zero-order chi connectivity index (χ0) is 17.1. The van der Waals surface area contributed by atoms with Crippen molar-refractivity contribution < 1.29 is 14.7 Å². The van der Waals surface area contributed by atoms with Crippen LogP contribution in [-0.2, 0) is 11.2 Å². The first kappa shape index (κ1) is 16.1. The molecule has 0 radical (unpaired) electrons. The molecule has 0 saturated carbocycles. The predicted molar refractivity (Wildman–Crippen MR) is 89.7 cm³/mol. The van der Waals surface area contributed by atoms with Gasteiger partial charge in [-0.2, -0.15) is 0 Å². The number of aliphatic carboxylic acids is 1. The number of fused-ring (bicyclic) bond motifs is 1. The molecule has 3 aromatic rings. The highest BCUT2D eigenvalue weighted by molar-refractivity contribution is 6.30. The van der Waals surface area contributed by atoms with Crippen molar-refractivity contribution in [3.63, 3.8) is 0 Å². The molecule has 1 aromatic heterocycles. The molecule has 1 heterocycles. The fraction of sp³-hybridized carbons (Fsp3) is 0.111. The van der Waals surface area contributed by atoms with Gasteiger partial charge in [0.15, 0.2) is 0 Å². The number of carbonyl (C=O) groups is 2. The van der Waals surface area contributed by atoms with Gasteiger partial charge in [0, 0.05) is 34.1 Å². The van der Waals surface area contributed by atoms with E-state index in [1.807, 2.05) is 24.3 Å². The van der Waals surface area contributed by atoms with Crippen molar-refractivity contribution >= 4 is 34.4 Å². The minimum atomic E-state index is -1.33. The summed E-state index contributed by atoms with van der Waals surface area (Å²) in [6.45, 7) is 0.